The van der Waals surface area contributed by atoms with Crippen molar-refractivity contribution in [1.82, 2.24) is 14.4 Å². The number of primary amides is 1. The van der Waals surface area contributed by atoms with E-state index in [1.807, 2.05) is 24.3 Å². The van der Waals surface area contributed by atoms with Gasteiger partial charge in [-0.3, -0.25) is 9.20 Å². The number of pyridine rings is 1. The Bertz CT molecular complexity index is 1170. The Morgan fingerprint density at radius 1 is 1.32 bits per heavy atom. The molecule has 0 spiro atoms. The van der Waals surface area contributed by atoms with Gasteiger partial charge in [-0.25, -0.2) is 14.4 Å². The Balaban J connectivity index is 1.79. The van der Waals surface area contributed by atoms with Gasteiger partial charge in [-0.2, -0.15) is 0 Å². The van der Waals surface area contributed by atoms with E-state index in [-0.39, 0.29) is 5.82 Å². The molecule has 0 unspecified atom stereocenters. The lowest BCUT2D eigenvalue weighted by Crippen LogP contribution is -2.15. The van der Waals surface area contributed by atoms with Crippen molar-refractivity contribution < 1.29 is 9.18 Å². The number of halogens is 1. The molecule has 0 aliphatic rings. The Hall–Kier alpha value is -3.26. The van der Waals surface area contributed by atoms with Crippen LogP contribution >= 0.6 is 11.3 Å². The van der Waals surface area contributed by atoms with Gasteiger partial charge in [0, 0.05) is 30.3 Å². The number of benzene rings is 1. The first-order valence-electron chi connectivity index (χ1n) is 8.65. The van der Waals surface area contributed by atoms with Crippen molar-refractivity contribution in [2.75, 3.05) is 11.9 Å². The van der Waals surface area contributed by atoms with Gasteiger partial charge in [0.15, 0.2) is 10.8 Å². The van der Waals surface area contributed by atoms with Crippen molar-refractivity contribution in [3.8, 4) is 11.3 Å². The summed E-state index contributed by atoms with van der Waals surface area (Å²) in [6, 6.07) is 10.7. The fourth-order valence-corrected chi connectivity index (χ4v) is 3.88. The van der Waals surface area contributed by atoms with Gasteiger partial charge < -0.3 is 10.6 Å². The van der Waals surface area contributed by atoms with Gasteiger partial charge in [0.2, 0.25) is 0 Å². The molecular weight excluding hydrogens is 377 g/mol. The molecule has 0 saturated carbocycles. The van der Waals surface area contributed by atoms with Crippen molar-refractivity contribution in [3.63, 3.8) is 0 Å². The smallest absolute Gasteiger partial charge is 0.252 e. The number of hydrogen-bond acceptors (Lipinski definition) is 5. The Labute approximate surface area is 165 Å². The van der Waals surface area contributed by atoms with E-state index >= 15 is 0 Å². The Kier molecular flexibility index (Phi) is 4.56. The molecule has 1 aromatic carbocycles. The number of fused-ring (bicyclic) bond motifs is 1. The van der Waals surface area contributed by atoms with Crippen LogP contribution in [-0.4, -0.2) is 27.3 Å². The van der Waals surface area contributed by atoms with Crippen LogP contribution in [0.3, 0.4) is 0 Å². The summed E-state index contributed by atoms with van der Waals surface area (Å²) in [5.74, 6) is -0.0236. The molecule has 0 aliphatic heterocycles. The fourth-order valence-electron chi connectivity index (χ4n) is 3.08. The number of imidazole rings is 1. The molecule has 8 heteroatoms. The van der Waals surface area contributed by atoms with E-state index in [0.717, 1.165) is 27.9 Å². The van der Waals surface area contributed by atoms with Gasteiger partial charge in [0.05, 0.1) is 17.0 Å². The number of rotatable bonds is 5. The summed E-state index contributed by atoms with van der Waals surface area (Å²) in [4.78, 5) is 23.0. The minimum Gasteiger partial charge on any atom is -0.365 e. The third-order valence-corrected chi connectivity index (χ3v) is 5.38. The van der Waals surface area contributed by atoms with E-state index in [4.69, 9.17) is 5.73 Å². The first kappa shape index (κ1) is 18.1. The van der Waals surface area contributed by atoms with E-state index in [9.17, 15) is 9.18 Å². The topological polar surface area (TPSA) is 76.5 Å². The molecule has 0 fully saturated rings. The summed E-state index contributed by atoms with van der Waals surface area (Å²) in [5.41, 5.74) is 8.74. The van der Waals surface area contributed by atoms with E-state index in [1.165, 1.54) is 23.5 Å². The maximum absolute atomic E-state index is 13.2. The van der Waals surface area contributed by atoms with Crippen LogP contribution in [-0.2, 0) is 6.42 Å². The molecular formula is C20H17FN5OS. The molecule has 141 valence electrons. The molecule has 0 atom stereocenters. The molecule has 3 heterocycles. The minimum atomic E-state index is -0.545. The zero-order chi connectivity index (χ0) is 19.8. The lowest BCUT2D eigenvalue weighted by molar-refractivity contribution is 0.100. The second kappa shape index (κ2) is 7.05. The van der Waals surface area contributed by atoms with Crippen molar-refractivity contribution in [3.05, 3.63) is 65.0 Å². The van der Waals surface area contributed by atoms with Gasteiger partial charge >= 0.3 is 0 Å². The summed E-state index contributed by atoms with van der Waals surface area (Å²) in [5, 5.41) is 2.68. The van der Waals surface area contributed by atoms with Crippen LogP contribution < -0.4 is 10.6 Å². The second-order valence-electron chi connectivity index (χ2n) is 6.23. The number of carbonyl (C=O) groups is 1. The molecule has 1 radical (unpaired) electrons. The normalized spacial score (nSPS) is 11.1. The molecule has 4 rings (SSSR count). The standard InChI is InChI=1S/C20H17FN5OS/c1-3-15-19(26-10-4-5-14(17(22)27)18(26)23-15)25(2)20-24-16(11-28-20)12-6-8-13(21)9-7-12/h5-11H,3H2,1-2H3,(H2,22,27). The zero-order valence-corrected chi connectivity index (χ0v) is 16.1. The van der Waals surface area contributed by atoms with Gasteiger partial charge in [0.25, 0.3) is 5.91 Å². The van der Waals surface area contributed by atoms with Crippen molar-refractivity contribution in [2.24, 2.45) is 5.73 Å². The molecule has 6 nitrogen and oxygen atoms in total. The highest BCUT2D eigenvalue weighted by atomic mass is 32.1. The van der Waals surface area contributed by atoms with E-state index in [1.54, 1.807) is 28.8 Å². The van der Waals surface area contributed by atoms with Crippen LogP contribution in [0.15, 0.2) is 41.9 Å². The quantitative estimate of drug-likeness (QED) is 0.558. The number of nitrogens with zero attached hydrogens (tertiary/aromatic N) is 4. The van der Waals surface area contributed by atoms with Gasteiger partial charge in [-0.1, -0.05) is 6.92 Å². The van der Waals surface area contributed by atoms with E-state index < -0.39 is 5.91 Å². The van der Waals surface area contributed by atoms with Crippen molar-refractivity contribution in [2.45, 2.75) is 13.3 Å². The average molecular weight is 394 g/mol. The lowest BCUT2D eigenvalue weighted by atomic mass is 10.2. The fraction of sp³-hybridized carbons (Fsp3) is 0.150. The summed E-state index contributed by atoms with van der Waals surface area (Å²) in [6.45, 7) is 2.00. The van der Waals surface area contributed by atoms with Crippen LogP contribution in [0.5, 0.6) is 0 Å². The van der Waals surface area contributed by atoms with Gasteiger partial charge in [-0.05, 0) is 36.8 Å². The molecule has 2 N–H and O–H groups in total. The SMILES string of the molecule is CCc1nc2c(C(N)=O)c[c]cn2c1N(C)c1nc(-c2ccc(F)cc2)cs1. The third kappa shape index (κ3) is 3.01. The highest BCUT2D eigenvalue weighted by Crippen LogP contribution is 2.34. The third-order valence-electron chi connectivity index (χ3n) is 4.46. The molecule has 1 amide bonds. The number of carbonyl (C=O) groups excluding carboxylic acids is 1. The molecule has 0 bridgehead atoms. The number of amides is 1. The highest BCUT2D eigenvalue weighted by molar-refractivity contribution is 7.14. The first-order chi connectivity index (χ1) is 13.5. The highest BCUT2D eigenvalue weighted by Gasteiger charge is 2.21. The second-order valence-corrected chi connectivity index (χ2v) is 7.07. The largest absolute Gasteiger partial charge is 0.365 e. The first-order valence-corrected chi connectivity index (χ1v) is 9.53. The van der Waals surface area contributed by atoms with E-state index in [2.05, 4.69) is 16.0 Å². The molecule has 3 aromatic heterocycles. The maximum atomic E-state index is 13.2. The predicted octanol–water partition coefficient (Wildman–Crippen LogP) is 3.83. The lowest BCUT2D eigenvalue weighted by Gasteiger charge is -2.17. The number of nitrogens with two attached hydrogens (primary N) is 1. The van der Waals surface area contributed by atoms with E-state index in [0.29, 0.717) is 17.6 Å². The van der Waals surface area contributed by atoms with Crippen LogP contribution in [0.25, 0.3) is 16.9 Å². The number of aryl methyl sites for hydroxylation is 1. The number of anilines is 2. The number of thiazole rings is 1. The summed E-state index contributed by atoms with van der Waals surface area (Å²) in [7, 11) is 1.90. The van der Waals surface area contributed by atoms with Crippen LogP contribution in [0.1, 0.15) is 23.0 Å². The molecule has 28 heavy (non-hydrogen) atoms. The average Bonchev–Trinajstić information content (AvgIpc) is 3.32. The molecule has 0 saturated heterocycles. The van der Waals surface area contributed by atoms with Crippen molar-refractivity contribution >= 4 is 33.8 Å². The van der Waals surface area contributed by atoms with Crippen molar-refractivity contribution in [1.29, 1.82) is 0 Å². The zero-order valence-electron chi connectivity index (χ0n) is 15.3. The monoisotopic (exact) mass is 394 g/mol. The van der Waals surface area contributed by atoms with Gasteiger partial charge in [0.1, 0.15) is 11.6 Å². The molecule has 0 aliphatic carbocycles. The Morgan fingerprint density at radius 3 is 2.75 bits per heavy atom. The predicted molar refractivity (Wildman–Crippen MR) is 107 cm³/mol. The molecule has 4 aromatic rings. The minimum absolute atomic E-state index is 0.281. The van der Waals surface area contributed by atoms with Crippen LogP contribution in [0.2, 0.25) is 0 Å². The van der Waals surface area contributed by atoms with Crippen LogP contribution in [0, 0.1) is 11.9 Å². The number of aromatic nitrogens is 3. The van der Waals surface area contributed by atoms with Gasteiger partial charge in [-0.15, -0.1) is 11.3 Å². The Morgan fingerprint density at radius 2 is 2.07 bits per heavy atom. The number of hydrogen-bond donors (Lipinski definition) is 1. The van der Waals surface area contributed by atoms with Crippen LogP contribution in [0.4, 0.5) is 15.3 Å². The summed E-state index contributed by atoms with van der Waals surface area (Å²) < 4.78 is 15.0. The summed E-state index contributed by atoms with van der Waals surface area (Å²) >= 11 is 1.47. The maximum Gasteiger partial charge on any atom is 0.252 e. The summed E-state index contributed by atoms with van der Waals surface area (Å²) in [6.07, 6.45) is 2.41.